The van der Waals surface area contributed by atoms with Crippen molar-refractivity contribution in [2.75, 3.05) is 13.2 Å². The van der Waals surface area contributed by atoms with Crippen molar-refractivity contribution in [2.24, 2.45) is 0 Å². The van der Waals surface area contributed by atoms with E-state index in [1.807, 2.05) is 91.0 Å². The minimum atomic E-state index is -1.56. The van der Waals surface area contributed by atoms with E-state index in [0.717, 1.165) is 36.8 Å². The number of carbonyl (C=O) groups excluding carboxylic acids is 4. The fourth-order valence-electron chi connectivity index (χ4n) is 6.27. The van der Waals surface area contributed by atoms with Gasteiger partial charge in [-0.2, -0.15) is 0 Å². The van der Waals surface area contributed by atoms with E-state index >= 15 is 0 Å². The van der Waals surface area contributed by atoms with Gasteiger partial charge in [-0.1, -0.05) is 90.6 Å². The van der Waals surface area contributed by atoms with Crippen LogP contribution >= 0.6 is 11.8 Å². The molecule has 296 valence electrons. The van der Waals surface area contributed by atoms with Crippen LogP contribution in [0, 0.1) is 0 Å². The Morgan fingerprint density at radius 2 is 1.09 bits per heavy atom. The Hall–Kier alpha value is -4.35. The second-order valence-corrected chi connectivity index (χ2v) is 14.0. The highest BCUT2D eigenvalue weighted by Crippen LogP contribution is 2.40. The molecule has 0 bridgehead atoms. The van der Waals surface area contributed by atoms with Crippen molar-refractivity contribution in [3.05, 3.63) is 102 Å². The zero-order valence-electron chi connectivity index (χ0n) is 30.9. The number of rotatable bonds is 16. The second kappa shape index (κ2) is 20.5. The highest BCUT2D eigenvalue weighted by atomic mass is 32.2. The van der Waals surface area contributed by atoms with Crippen molar-refractivity contribution >= 4 is 35.6 Å². The summed E-state index contributed by atoms with van der Waals surface area (Å²) >= 11 is 1.34. The summed E-state index contributed by atoms with van der Waals surface area (Å²) < 4.78 is 55.1. The minimum absolute atomic E-state index is 0.0890. The predicted octanol–water partition coefficient (Wildman–Crippen LogP) is 4.14. The molecular formula is C40H46O14S. The summed E-state index contributed by atoms with van der Waals surface area (Å²) in [7, 11) is 0. The van der Waals surface area contributed by atoms with Crippen molar-refractivity contribution in [1.29, 1.82) is 0 Å². The molecule has 5 rings (SSSR count). The molecule has 2 aliphatic heterocycles. The lowest BCUT2D eigenvalue weighted by Gasteiger charge is -2.49. The summed E-state index contributed by atoms with van der Waals surface area (Å²) in [5.41, 5.74) is 0.881. The average molecular weight is 783 g/mol. The third kappa shape index (κ3) is 12.1. The fraction of sp³-hybridized carbons (Fsp3) is 0.450. The van der Waals surface area contributed by atoms with Crippen LogP contribution in [0.3, 0.4) is 0 Å². The van der Waals surface area contributed by atoms with Crippen LogP contribution in [0.5, 0.6) is 0 Å². The molecule has 55 heavy (non-hydrogen) atoms. The fourth-order valence-corrected chi connectivity index (χ4v) is 7.42. The zero-order valence-corrected chi connectivity index (χ0v) is 31.7. The number of esters is 4. The van der Waals surface area contributed by atoms with E-state index in [9.17, 15) is 24.3 Å². The van der Waals surface area contributed by atoms with E-state index in [0.29, 0.717) is 0 Å². The van der Waals surface area contributed by atoms with Gasteiger partial charge in [0, 0.05) is 32.6 Å². The van der Waals surface area contributed by atoms with E-state index in [4.69, 9.17) is 42.6 Å². The maximum atomic E-state index is 12.7. The molecule has 3 aromatic rings. The Labute approximate surface area is 323 Å². The van der Waals surface area contributed by atoms with E-state index in [-0.39, 0.29) is 13.2 Å². The van der Waals surface area contributed by atoms with Gasteiger partial charge in [-0.15, -0.1) is 0 Å². The van der Waals surface area contributed by atoms with Gasteiger partial charge in [0.05, 0.1) is 19.8 Å². The van der Waals surface area contributed by atoms with Gasteiger partial charge in [0.1, 0.15) is 42.6 Å². The van der Waals surface area contributed by atoms with Crippen LogP contribution in [0.4, 0.5) is 0 Å². The normalized spacial score (nSPS) is 27.7. The van der Waals surface area contributed by atoms with Gasteiger partial charge < -0.3 is 47.7 Å². The summed E-state index contributed by atoms with van der Waals surface area (Å²) in [6, 6.07) is 28.3. The molecule has 2 saturated heterocycles. The molecule has 15 heteroatoms. The molecule has 0 aliphatic carbocycles. The van der Waals surface area contributed by atoms with Crippen LogP contribution in [0.2, 0.25) is 0 Å². The monoisotopic (exact) mass is 782 g/mol. The number of benzene rings is 3. The number of ether oxygens (including phenoxy) is 9. The number of hydrogen-bond acceptors (Lipinski definition) is 15. The molecular weight excluding hydrogens is 736 g/mol. The van der Waals surface area contributed by atoms with Crippen LogP contribution in [0.25, 0.3) is 0 Å². The Kier molecular flexibility index (Phi) is 15.6. The largest absolute Gasteiger partial charge is 0.463 e. The first-order chi connectivity index (χ1) is 26.5. The van der Waals surface area contributed by atoms with Crippen LogP contribution in [0.1, 0.15) is 38.8 Å². The maximum absolute atomic E-state index is 12.7. The van der Waals surface area contributed by atoms with Crippen molar-refractivity contribution in [1.82, 2.24) is 0 Å². The zero-order chi connectivity index (χ0) is 39.3. The SMILES string of the molecule is CC(=O)OC[C@H]1O[C@H](O[C@@H]2[C@H](OCc3ccccc3)[C@@H](Sc3ccccc3)O[C@H](CO)[C@H]2OCc2ccccc2)[C@@H](OC(C)=O)[C@@H](OC(C)=O)[C@@H]1OC(C)=O. The lowest BCUT2D eigenvalue weighted by Crippen LogP contribution is -2.66. The summed E-state index contributed by atoms with van der Waals surface area (Å²) in [5, 5.41) is 10.8. The van der Waals surface area contributed by atoms with Crippen molar-refractivity contribution in [3.8, 4) is 0 Å². The smallest absolute Gasteiger partial charge is 0.303 e. The molecule has 0 aromatic heterocycles. The number of aliphatic hydroxyl groups is 1. The first kappa shape index (κ1) is 41.8. The minimum Gasteiger partial charge on any atom is -0.463 e. The Bertz CT molecular complexity index is 1680. The standard InChI is InChI=1S/C40H46O14S/c1-24(42)46-23-32-34(49-25(2)43)36(50-26(3)44)37(51-27(4)45)39(52-32)54-35-33(47-21-28-14-8-5-9-15-28)31(20-41)53-40(55-30-18-12-7-13-19-30)38(35)48-22-29-16-10-6-11-17-29/h5-19,31-41H,20-23H2,1-4H3/t31-,32-,33-,34-,35+,36+,37+,38+,39-,40-/m1/s1. The molecule has 10 atom stereocenters. The summed E-state index contributed by atoms with van der Waals surface area (Å²) in [6.07, 6.45) is -11.2. The second-order valence-electron chi connectivity index (χ2n) is 12.8. The third-order valence-electron chi connectivity index (χ3n) is 8.58. The van der Waals surface area contributed by atoms with Gasteiger partial charge >= 0.3 is 23.9 Å². The predicted molar refractivity (Wildman–Crippen MR) is 195 cm³/mol. The molecule has 1 N–H and O–H groups in total. The number of carbonyl (C=O) groups is 4. The average Bonchev–Trinajstić information content (AvgIpc) is 3.16. The van der Waals surface area contributed by atoms with Crippen molar-refractivity contribution in [3.63, 3.8) is 0 Å². The van der Waals surface area contributed by atoms with Gasteiger partial charge in [0.15, 0.2) is 24.6 Å². The number of thioether (sulfide) groups is 1. The van der Waals surface area contributed by atoms with Gasteiger partial charge in [-0.05, 0) is 23.3 Å². The molecule has 3 aromatic carbocycles. The van der Waals surface area contributed by atoms with Crippen molar-refractivity contribution < 1.29 is 66.9 Å². The number of hydrogen-bond donors (Lipinski definition) is 1. The van der Waals surface area contributed by atoms with Gasteiger partial charge in [-0.25, -0.2) is 0 Å². The Morgan fingerprint density at radius 3 is 1.62 bits per heavy atom. The molecule has 0 radical (unpaired) electrons. The van der Waals surface area contributed by atoms with E-state index in [2.05, 4.69) is 0 Å². The highest BCUT2D eigenvalue weighted by molar-refractivity contribution is 7.99. The van der Waals surface area contributed by atoms with Gasteiger partial charge in [0.25, 0.3) is 0 Å². The van der Waals surface area contributed by atoms with Crippen LogP contribution in [-0.2, 0) is 75.0 Å². The van der Waals surface area contributed by atoms with E-state index in [1.165, 1.54) is 18.7 Å². The van der Waals surface area contributed by atoms with Gasteiger partial charge in [-0.3, -0.25) is 19.2 Å². The van der Waals surface area contributed by atoms with Crippen LogP contribution in [0.15, 0.2) is 95.9 Å². The summed E-state index contributed by atoms with van der Waals surface area (Å²) in [5.74, 6) is -3.00. The number of aliphatic hydroxyl groups excluding tert-OH is 1. The summed E-state index contributed by atoms with van der Waals surface area (Å²) in [6.45, 7) is 3.90. The molecule has 2 fully saturated rings. The van der Waals surface area contributed by atoms with Crippen LogP contribution in [-0.4, -0.2) is 103 Å². The molecule has 0 spiro atoms. The molecule has 14 nitrogen and oxygen atoms in total. The highest BCUT2D eigenvalue weighted by Gasteiger charge is 2.56. The first-order valence-electron chi connectivity index (χ1n) is 17.8. The Morgan fingerprint density at radius 1 is 0.582 bits per heavy atom. The molecule has 2 aliphatic rings. The molecule has 0 unspecified atom stereocenters. The first-order valence-corrected chi connectivity index (χ1v) is 18.6. The van der Waals surface area contributed by atoms with E-state index in [1.54, 1.807) is 0 Å². The van der Waals surface area contributed by atoms with Crippen molar-refractivity contribution in [2.45, 2.75) is 106 Å². The van der Waals surface area contributed by atoms with Gasteiger partial charge in [0.2, 0.25) is 0 Å². The van der Waals surface area contributed by atoms with Crippen LogP contribution < -0.4 is 0 Å². The quantitative estimate of drug-likeness (QED) is 0.162. The maximum Gasteiger partial charge on any atom is 0.303 e. The molecule has 0 amide bonds. The lowest BCUT2D eigenvalue weighted by atomic mass is 9.96. The lowest BCUT2D eigenvalue weighted by molar-refractivity contribution is -0.346. The van der Waals surface area contributed by atoms with E-state index < -0.39 is 97.6 Å². The Balaban J connectivity index is 1.60. The molecule has 0 saturated carbocycles. The summed E-state index contributed by atoms with van der Waals surface area (Å²) in [4.78, 5) is 50.3. The topological polar surface area (TPSA) is 172 Å². The molecule has 2 heterocycles. The third-order valence-corrected chi connectivity index (χ3v) is 9.73.